The molecule has 16 heavy (non-hydrogen) atoms. The lowest BCUT2D eigenvalue weighted by Gasteiger charge is -2.17. The van der Waals surface area contributed by atoms with E-state index in [9.17, 15) is 14.9 Å². The van der Waals surface area contributed by atoms with Crippen molar-refractivity contribution < 1.29 is 14.5 Å². The van der Waals surface area contributed by atoms with Crippen molar-refractivity contribution in [1.82, 2.24) is 0 Å². The topological polar surface area (TPSA) is 69.4 Å². The van der Waals surface area contributed by atoms with E-state index in [2.05, 4.69) is 4.74 Å². The molecule has 1 rings (SSSR count). The van der Waals surface area contributed by atoms with Crippen LogP contribution in [0.5, 0.6) is 0 Å². The Bertz CT molecular complexity index is 370. The van der Waals surface area contributed by atoms with Crippen molar-refractivity contribution in [3.8, 4) is 0 Å². The third-order valence-corrected chi connectivity index (χ3v) is 3.21. The highest BCUT2D eigenvalue weighted by atomic mass is 32.2. The van der Waals surface area contributed by atoms with Gasteiger partial charge >= 0.3 is 5.06 Å². The second-order valence-electron chi connectivity index (χ2n) is 3.14. The first kappa shape index (κ1) is 12.5. The minimum atomic E-state index is -1.72. The van der Waals surface area contributed by atoms with E-state index in [1.807, 2.05) is 30.3 Å². The number of benzene rings is 1. The number of thioether (sulfide) groups is 1. The second-order valence-corrected chi connectivity index (χ2v) is 4.48. The van der Waals surface area contributed by atoms with Crippen LogP contribution >= 0.6 is 11.8 Å². The molecule has 1 atom stereocenters. The van der Waals surface area contributed by atoms with Gasteiger partial charge in [0.2, 0.25) is 0 Å². The summed E-state index contributed by atoms with van der Waals surface area (Å²) in [5.74, 6) is 0.409. The number of rotatable bonds is 6. The van der Waals surface area contributed by atoms with Crippen molar-refractivity contribution in [2.24, 2.45) is 0 Å². The number of carbonyl (C=O) groups is 1. The predicted octanol–water partition coefficient (Wildman–Crippen LogP) is 2.04. The second kappa shape index (κ2) is 5.50. The van der Waals surface area contributed by atoms with E-state index in [0.29, 0.717) is 5.75 Å². The van der Waals surface area contributed by atoms with Crippen LogP contribution in [0.3, 0.4) is 0 Å². The molecule has 0 fully saturated rings. The Morgan fingerprint density at radius 2 is 2.12 bits per heavy atom. The number of carbonyl (C=O) groups excluding carboxylic acids is 1. The van der Waals surface area contributed by atoms with Crippen LogP contribution in [-0.4, -0.2) is 16.5 Å². The molecule has 86 valence electrons. The molecule has 0 saturated heterocycles. The Morgan fingerprint density at radius 1 is 1.50 bits per heavy atom. The zero-order valence-corrected chi connectivity index (χ0v) is 9.48. The third-order valence-electron chi connectivity index (χ3n) is 1.95. The van der Waals surface area contributed by atoms with E-state index in [1.54, 1.807) is 0 Å². The van der Waals surface area contributed by atoms with Crippen LogP contribution in [0.15, 0.2) is 30.3 Å². The molecular weight excluding hydrogens is 230 g/mol. The number of ether oxygens (including phenoxy) is 1. The number of hydrogen-bond acceptors (Lipinski definition) is 5. The quantitative estimate of drug-likeness (QED) is 0.330. The molecule has 0 amide bonds. The molecule has 1 aromatic rings. The average molecular weight is 241 g/mol. The Balaban J connectivity index is 2.64. The standard InChI is InChI=1S/C10H11NO4S/c1-10(11(13)14,15-8-12)16-7-9-5-3-2-4-6-9/h2-6,8H,7H2,1H3. The van der Waals surface area contributed by atoms with Crippen LogP contribution in [0.25, 0.3) is 0 Å². The van der Waals surface area contributed by atoms with Gasteiger partial charge < -0.3 is 4.74 Å². The molecule has 1 aromatic carbocycles. The molecule has 0 aromatic heterocycles. The summed E-state index contributed by atoms with van der Waals surface area (Å²) in [5, 5.41) is 9.01. The number of hydrogen-bond donors (Lipinski definition) is 0. The van der Waals surface area contributed by atoms with Crippen molar-refractivity contribution in [3.05, 3.63) is 46.0 Å². The Morgan fingerprint density at radius 3 is 2.62 bits per heavy atom. The fraction of sp³-hybridized carbons (Fsp3) is 0.300. The highest BCUT2D eigenvalue weighted by Crippen LogP contribution is 2.29. The van der Waals surface area contributed by atoms with E-state index in [4.69, 9.17) is 0 Å². The molecule has 0 bridgehead atoms. The largest absolute Gasteiger partial charge is 0.412 e. The van der Waals surface area contributed by atoms with E-state index >= 15 is 0 Å². The number of nitrogens with zero attached hydrogens (tertiary/aromatic N) is 1. The highest BCUT2D eigenvalue weighted by molar-refractivity contribution is 7.99. The highest BCUT2D eigenvalue weighted by Gasteiger charge is 2.40. The van der Waals surface area contributed by atoms with Crippen molar-refractivity contribution in [1.29, 1.82) is 0 Å². The maximum atomic E-state index is 10.7. The fourth-order valence-corrected chi connectivity index (χ4v) is 1.85. The van der Waals surface area contributed by atoms with Crippen molar-refractivity contribution >= 4 is 18.2 Å². The molecule has 5 nitrogen and oxygen atoms in total. The molecule has 0 N–H and O–H groups in total. The zero-order valence-electron chi connectivity index (χ0n) is 8.66. The van der Waals surface area contributed by atoms with Crippen LogP contribution in [0.1, 0.15) is 12.5 Å². The lowest BCUT2D eigenvalue weighted by Crippen LogP contribution is -2.34. The summed E-state index contributed by atoms with van der Waals surface area (Å²) in [6.07, 6.45) is 0. The molecule has 0 aliphatic carbocycles. The van der Waals surface area contributed by atoms with Crippen LogP contribution in [0.4, 0.5) is 0 Å². The summed E-state index contributed by atoms with van der Waals surface area (Å²) in [7, 11) is 0. The van der Waals surface area contributed by atoms with Gasteiger partial charge in [-0.1, -0.05) is 30.3 Å². The lowest BCUT2D eigenvalue weighted by atomic mass is 10.2. The van der Waals surface area contributed by atoms with Crippen LogP contribution in [0, 0.1) is 10.1 Å². The first-order valence-corrected chi connectivity index (χ1v) is 5.51. The molecule has 0 aliphatic rings. The van der Waals surface area contributed by atoms with Crippen LogP contribution in [-0.2, 0) is 15.3 Å². The van der Waals surface area contributed by atoms with E-state index in [0.717, 1.165) is 17.3 Å². The van der Waals surface area contributed by atoms with E-state index in [1.165, 1.54) is 6.92 Å². The maximum Gasteiger partial charge on any atom is 0.412 e. The Hall–Kier alpha value is -1.56. The molecule has 0 radical (unpaired) electrons. The van der Waals surface area contributed by atoms with Gasteiger partial charge in [-0.15, -0.1) is 0 Å². The fourth-order valence-electron chi connectivity index (χ4n) is 1.01. The van der Waals surface area contributed by atoms with Gasteiger partial charge in [0.15, 0.2) is 0 Å². The first-order chi connectivity index (χ1) is 7.58. The van der Waals surface area contributed by atoms with Crippen molar-refractivity contribution in [2.45, 2.75) is 17.7 Å². The molecule has 1 unspecified atom stereocenters. The molecule has 6 heteroatoms. The van der Waals surface area contributed by atoms with Crippen molar-refractivity contribution in [2.75, 3.05) is 0 Å². The molecule has 0 heterocycles. The minimum Gasteiger partial charge on any atom is -0.390 e. The van der Waals surface area contributed by atoms with Gasteiger partial charge in [-0.25, -0.2) is 0 Å². The summed E-state index contributed by atoms with van der Waals surface area (Å²) >= 11 is 0.957. The van der Waals surface area contributed by atoms with Gasteiger partial charge in [0.1, 0.15) is 0 Å². The summed E-state index contributed by atoms with van der Waals surface area (Å²) in [4.78, 5) is 20.3. The summed E-state index contributed by atoms with van der Waals surface area (Å²) in [6, 6.07) is 9.27. The Labute approximate surface area is 96.9 Å². The molecular formula is C10H11NO4S. The van der Waals surface area contributed by atoms with Gasteiger partial charge in [0.25, 0.3) is 6.47 Å². The summed E-state index contributed by atoms with van der Waals surface area (Å²) in [6.45, 7) is 1.36. The normalized spacial score (nSPS) is 13.8. The van der Waals surface area contributed by atoms with E-state index < -0.39 is 9.98 Å². The third kappa shape index (κ3) is 3.23. The van der Waals surface area contributed by atoms with E-state index in [-0.39, 0.29) is 6.47 Å². The first-order valence-electron chi connectivity index (χ1n) is 4.52. The summed E-state index contributed by atoms with van der Waals surface area (Å²) in [5.41, 5.74) is 0.940. The molecule has 0 saturated carbocycles. The minimum absolute atomic E-state index is 0.0980. The Kier molecular flexibility index (Phi) is 4.30. The van der Waals surface area contributed by atoms with Gasteiger partial charge in [0, 0.05) is 5.75 Å². The zero-order chi connectivity index (χ0) is 12.0. The summed E-state index contributed by atoms with van der Waals surface area (Å²) < 4.78 is 4.50. The van der Waals surface area contributed by atoms with Crippen LogP contribution < -0.4 is 0 Å². The van der Waals surface area contributed by atoms with Gasteiger partial charge in [0.05, 0.1) is 11.8 Å². The predicted molar refractivity (Wildman–Crippen MR) is 60.3 cm³/mol. The lowest BCUT2D eigenvalue weighted by molar-refractivity contribution is -0.579. The SMILES string of the molecule is CC(OC=O)(SCc1ccccc1)[N+](=O)[O-]. The smallest absolute Gasteiger partial charge is 0.390 e. The van der Waals surface area contributed by atoms with Gasteiger partial charge in [-0.2, -0.15) is 0 Å². The van der Waals surface area contributed by atoms with Gasteiger partial charge in [-0.3, -0.25) is 14.9 Å². The van der Waals surface area contributed by atoms with Crippen molar-refractivity contribution in [3.63, 3.8) is 0 Å². The molecule has 0 aliphatic heterocycles. The number of nitro groups is 1. The maximum absolute atomic E-state index is 10.7. The van der Waals surface area contributed by atoms with Gasteiger partial charge in [-0.05, 0) is 17.3 Å². The monoisotopic (exact) mass is 241 g/mol. The average Bonchev–Trinajstić information content (AvgIpc) is 2.28. The molecule has 0 spiro atoms. The van der Waals surface area contributed by atoms with Crippen LogP contribution in [0.2, 0.25) is 0 Å².